The minimum atomic E-state index is -0.0108. The predicted octanol–water partition coefficient (Wildman–Crippen LogP) is 1.72. The molecule has 118 valence electrons. The Morgan fingerprint density at radius 2 is 1.65 bits per heavy atom. The van der Waals surface area contributed by atoms with Crippen LogP contribution in [0.1, 0.15) is 12.5 Å². The molecule has 6 nitrogen and oxygen atoms in total. The zero-order chi connectivity index (χ0) is 15.3. The van der Waals surface area contributed by atoms with Crippen LogP contribution < -0.4 is 20.9 Å². The van der Waals surface area contributed by atoms with E-state index in [0.717, 1.165) is 22.8 Å². The molecule has 0 unspecified atom stereocenters. The van der Waals surface area contributed by atoms with E-state index in [1.165, 1.54) is 5.56 Å². The number of quaternary nitrogens is 1. The number of para-hydroxylation sites is 2. The van der Waals surface area contributed by atoms with Crippen molar-refractivity contribution in [2.24, 2.45) is 0 Å². The zero-order valence-corrected chi connectivity index (χ0v) is 12.9. The van der Waals surface area contributed by atoms with E-state index in [-0.39, 0.29) is 11.4 Å². The molecule has 23 heavy (non-hydrogen) atoms. The number of benzene rings is 2. The van der Waals surface area contributed by atoms with E-state index < -0.39 is 0 Å². The normalized spacial score (nSPS) is 15.8. The number of amides is 1. The fourth-order valence-electron chi connectivity index (χ4n) is 2.91. The molecular weight excluding hydrogens is 292 g/mol. The third-order valence-corrected chi connectivity index (χ3v) is 4.05. The van der Waals surface area contributed by atoms with Gasteiger partial charge in [-0.3, -0.25) is 4.79 Å². The summed E-state index contributed by atoms with van der Waals surface area (Å²) in [6, 6.07) is 16.0. The second-order valence-corrected chi connectivity index (χ2v) is 5.61. The number of nitrogens with zero attached hydrogens (tertiary/aromatic N) is 2. The monoisotopic (exact) mass is 310 g/mol. The quantitative estimate of drug-likeness (QED) is 0.621. The lowest BCUT2D eigenvalue weighted by Crippen LogP contribution is -2.98. The lowest BCUT2D eigenvalue weighted by atomic mass is 10.1. The van der Waals surface area contributed by atoms with E-state index >= 15 is 0 Å². The van der Waals surface area contributed by atoms with E-state index in [1.807, 2.05) is 72.9 Å². The first-order chi connectivity index (χ1) is 10.6. The molecule has 2 aromatic carbocycles. The van der Waals surface area contributed by atoms with Crippen molar-refractivity contribution in [3.8, 4) is 0 Å². The van der Waals surface area contributed by atoms with Crippen molar-refractivity contribution in [3.05, 3.63) is 65.5 Å². The van der Waals surface area contributed by atoms with Crippen LogP contribution in [-0.2, 0) is 4.79 Å². The Hall–Kier alpha value is -2.83. The molecule has 2 aromatic rings. The molecule has 0 spiro atoms. The minimum absolute atomic E-state index is 0. The Morgan fingerprint density at radius 3 is 2.39 bits per heavy atom. The van der Waals surface area contributed by atoms with Crippen LogP contribution >= 0.6 is 0 Å². The summed E-state index contributed by atoms with van der Waals surface area (Å²) in [6.45, 7) is 3.97. The first kappa shape index (κ1) is 15.1. The number of rotatable bonds is 1. The molecule has 1 amide bonds. The highest BCUT2D eigenvalue weighted by molar-refractivity contribution is 6.09. The van der Waals surface area contributed by atoms with Crippen molar-refractivity contribution >= 4 is 23.0 Å². The van der Waals surface area contributed by atoms with Gasteiger partial charge in [-0.05, 0) is 38.1 Å². The smallest absolute Gasteiger partial charge is 0.329 e. The first-order valence-corrected chi connectivity index (χ1v) is 7.26. The second-order valence-electron chi connectivity index (χ2n) is 5.61. The van der Waals surface area contributed by atoms with Crippen LogP contribution in [0.4, 0.5) is 17.1 Å². The average Bonchev–Trinajstić information content (AvgIpc) is 2.87. The van der Waals surface area contributed by atoms with Gasteiger partial charge in [0.25, 0.3) is 0 Å². The Labute approximate surface area is 134 Å². The number of nitrogens with two attached hydrogens (primary N) is 1. The molecule has 0 saturated carbocycles. The maximum atomic E-state index is 12.8. The van der Waals surface area contributed by atoms with Gasteiger partial charge in [-0.2, -0.15) is 5.01 Å². The summed E-state index contributed by atoms with van der Waals surface area (Å²) in [5.41, 5.74) is 7.47. The molecule has 2 heterocycles. The maximum absolute atomic E-state index is 12.8. The standard InChI is InChI=1S/C17H16N4O.H2O/c1-11-7-9-13(10-8-11)20-17(22)16-12(2)18-14-5-3-4-6-15(14)21(16)19-20;/h3-10,18-19H,1-2H3;1H2. The maximum Gasteiger partial charge on any atom is 0.329 e. The molecule has 0 aromatic heterocycles. The van der Waals surface area contributed by atoms with E-state index in [0.29, 0.717) is 5.70 Å². The predicted molar refractivity (Wildman–Crippen MR) is 87.8 cm³/mol. The number of hydrogen-bond acceptors (Lipinski definition) is 4. The van der Waals surface area contributed by atoms with Crippen molar-refractivity contribution in [2.75, 3.05) is 15.3 Å². The molecule has 0 bridgehead atoms. The molecule has 1 fully saturated rings. The highest BCUT2D eigenvalue weighted by atomic mass is 16.2. The Morgan fingerprint density at radius 1 is 0.957 bits per heavy atom. The lowest BCUT2D eigenvalue weighted by molar-refractivity contribution is -0.653. The number of hydrogen-bond donors (Lipinski definition) is 2. The highest BCUT2D eigenvalue weighted by Crippen LogP contribution is 2.35. The van der Waals surface area contributed by atoms with Gasteiger partial charge in [0.1, 0.15) is 11.4 Å². The van der Waals surface area contributed by atoms with Gasteiger partial charge in [-0.15, -0.1) is 10.5 Å². The van der Waals surface area contributed by atoms with E-state index in [2.05, 4.69) is 5.32 Å². The van der Waals surface area contributed by atoms with Gasteiger partial charge < -0.3 is 10.8 Å². The number of anilines is 3. The fraction of sp³-hybridized carbons (Fsp3) is 0.118. The van der Waals surface area contributed by atoms with Crippen molar-refractivity contribution in [1.29, 1.82) is 0 Å². The molecule has 4 N–H and O–H groups in total. The number of aryl methyl sites for hydroxylation is 1. The number of fused-ring (bicyclic) bond motifs is 3. The topological polar surface area (TPSA) is 82.2 Å². The van der Waals surface area contributed by atoms with E-state index in [9.17, 15) is 4.79 Å². The third-order valence-electron chi connectivity index (χ3n) is 4.05. The summed E-state index contributed by atoms with van der Waals surface area (Å²) in [4.78, 5) is 12.8. The molecule has 2 aliphatic heterocycles. The van der Waals surface area contributed by atoms with Crippen LogP contribution in [0.5, 0.6) is 0 Å². The van der Waals surface area contributed by atoms with E-state index in [4.69, 9.17) is 0 Å². The Balaban J connectivity index is 0.00000156. The molecule has 2 aliphatic rings. The van der Waals surface area contributed by atoms with Gasteiger partial charge in [-0.25, -0.2) is 0 Å². The van der Waals surface area contributed by atoms with Gasteiger partial charge in [0, 0.05) is 5.70 Å². The lowest BCUT2D eigenvalue weighted by Gasteiger charge is -2.24. The minimum Gasteiger partial charge on any atom is -0.870 e. The van der Waals surface area contributed by atoms with Crippen molar-refractivity contribution < 1.29 is 15.8 Å². The summed E-state index contributed by atoms with van der Waals surface area (Å²) in [7, 11) is 0. The van der Waals surface area contributed by atoms with Gasteiger partial charge in [-0.1, -0.05) is 29.8 Å². The van der Waals surface area contributed by atoms with Crippen molar-refractivity contribution in [1.82, 2.24) is 0 Å². The Bertz CT molecular complexity index is 798. The van der Waals surface area contributed by atoms with Gasteiger partial charge in [0.2, 0.25) is 0 Å². The number of carbonyl (C=O) groups is 1. The number of allylic oxidation sites excluding steroid dienone is 1. The third kappa shape index (κ3) is 2.25. The van der Waals surface area contributed by atoms with Crippen LogP contribution in [-0.4, -0.2) is 11.4 Å². The molecule has 4 rings (SSSR count). The molecule has 0 radical (unpaired) electrons. The summed E-state index contributed by atoms with van der Waals surface area (Å²) in [5, 5.41) is 6.97. The Kier molecular flexibility index (Phi) is 3.55. The molecule has 6 heteroatoms. The molecule has 1 saturated heterocycles. The largest absolute Gasteiger partial charge is 0.870 e. The van der Waals surface area contributed by atoms with Crippen LogP contribution in [0.3, 0.4) is 0 Å². The SMILES string of the molecule is CC1=C2C(=O)N(c3ccc(C)cc3)[NH2+]N2c2ccccc2N1.[OH-]. The van der Waals surface area contributed by atoms with Gasteiger partial charge >= 0.3 is 5.91 Å². The summed E-state index contributed by atoms with van der Waals surface area (Å²) < 4.78 is 0. The van der Waals surface area contributed by atoms with E-state index in [1.54, 1.807) is 5.01 Å². The molecular formula is C17H18N4O2. The van der Waals surface area contributed by atoms with Gasteiger partial charge in [0.15, 0.2) is 5.70 Å². The molecule has 0 aliphatic carbocycles. The highest BCUT2D eigenvalue weighted by Gasteiger charge is 2.43. The first-order valence-electron chi connectivity index (χ1n) is 7.26. The average molecular weight is 310 g/mol. The number of carbonyl (C=O) groups excluding carboxylic acids is 1. The van der Waals surface area contributed by atoms with Crippen LogP contribution in [0.25, 0.3) is 0 Å². The fourth-order valence-corrected chi connectivity index (χ4v) is 2.91. The molecule has 0 atom stereocenters. The van der Waals surface area contributed by atoms with Crippen molar-refractivity contribution in [3.63, 3.8) is 0 Å². The van der Waals surface area contributed by atoms with Crippen LogP contribution in [0.15, 0.2) is 59.9 Å². The van der Waals surface area contributed by atoms with Gasteiger partial charge in [0.05, 0.1) is 5.69 Å². The van der Waals surface area contributed by atoms with Crippen LogP contribution in [0, 0.1) is 6.92 Å². The van der Waals surface area contributed by atoms with Crippen molar-refractivity contribution in [2.45, 2.75) is 13.8 Å². The number of nitrogens with one attached hydrogen (secondary N) is 1. The summed E-state index contributed by atoms with van der Waals surface area (Å²) in [5.74, 6) is -0.0108. The van der Waals surface area contributed by atoms with Crippen LogP contribution in [0.2, 0.25) is 0 Å². The second kappa shape index (κ2) is 5.42. The summed E-state index contributed by atoms with van der Waals surface area (Å²) >= 11 is 0. The summed E-state index contributed by atoms with van der Waals surface area (Å²) in [6.07, 6.45) is 0. The zero-order valence-electron chi connectivity index (χ0n) is 12.9.